The van der Waals surface area contributed by atoms with Gasteiger partial charge in [-0.25, -0.2) is 8.42 Å². The van der Waals surface area contributed by atoms with E-state index < -0.39 is 16.1 Å². The zero-order valence-corrected chi connectivity index (χ0v) is 18.4. The van der Waals surface area contributed by atoms with Crippen LogP contribution < -0.4 is 4.74 Å². The van der Waals surface area contributed by atoms with Crippen molar-refractivity contribution in [3.05, 3.63) is 58.1 Å². The van der Waals surface area contributed by atoms with Crippen LogP contribution in [0.25, 0.3) is 0 Å². The summed E-state index contributed by atoms with van der Waals surface area (Å²) in [7, 11) is -3.82. The average molecular weight is 468 g/mol. The van der Waals surface area contributed by atoms with E-state index in [1.165, 1.54) is 22.5 Å². The van der Waals surface area contributed by atoms with Gasteiger partial charge in [0.25, 0.3) is 5.91 Å². The van der Waals surface area contributed by atoms with Gasteiger partial charge in [0.15, 0.2) is 6.10 Å². The SMILES string of the molecule is CC(Oc1cccc(C#N)c1)C(=O)N1CCN(S(=O)(=O)c2cccc(Cl)c2Cl)CC1. The largest absolute Gasteiger partial charge is 0.481 e. The summed E-state index contributed by atoms with van der Waals surface area (Å²) >= 11 is 12.0. The Labute approximate surface area is 185 Å². The molecule has 0 N–H and O–H groups in total. The summed E-state index contributed by atoms with van der Waals surface area (Å²) in [6.07, 6.45) is -0.774. The van der Waals surface area contributed by atoms with Crippen molar-refractivity contribution in [2.24, 2.45) is 0 Å². The van der Waals surface area contributed by atoms with E-state index in [9.17, 15) is 13.2 Å². The summed E-state index contributed by atoms with van der Waals surface area (Å²) in [5, 5.41) is 9.11. The fourth-order valence-electron chi connectivity index (χ4n) is 3.12. The van der Waals surface area contributed by atoms with Crippen LogP contribution in [0.3, 0.4) is 0 Å². The van der Waals surface area contributed by atoms with Crippen molar-refractivity contribution < 1.29 is 17.9 Å². The van der Waals surface area contributed by atoms with Crippen LogP contribution >= 0.6 is 23.2 Å². The third-order valence-corrected chi connectivity index (χ3v) is 7.58. The van der Waals surface area contributed by atoms with E-state index in [4.69, 9.17) is 33.2 Å². The predicted octanol–water partition coefficient (Wildman–Crippen LogP) is 3.17. The molecule has 1 saturated heterocycles. The molecule has 158 valence electrons. The molecule has 0 spiro atoms. The van der Waals surface area contributed by atoms with Gasteiger partial charge in [-0.1, -0.05) is 35.3 Å². The molecule has 0 aromatic heterocycles. The Morgan fingerprint density at radius 3 is 2.47 bits per heavy atom. The maximum absolute atomic E-state index is 12.9. The minimum Gasteiger partial charge on any atom is -0.481 e. The van der Waals surface area contributed by atoms with Gasteiger partial charge in [-0.3, -0.25) is 4.79 Å². The fourth-order valence-corrected chi connectivity index (χ4v) is 5.28. The van der Waals surface area contributed by atoms with Gasteiger partial charge in [0, 0.05) is 26.2 Å². The molecule has 7 nitrogen and oxygen atoms in total. The second-order valence-electron chi connectivity index (χ2n) is 6.68. The highest BCUT2D eigenvalue weighted by atomic mass is 35.5. The Kier molecular flexibility index (Phi) is 6.88. The third-order valence-electron chi connectivity index (χ3n) is 4.71. The molecule has 1 atom stereocenters. The number of benzene rings is 2. The number of carbonyl (C=O) groups is 1. The first kappa shape index (κ1) is 22.4. The Morgan fingerprint density at radius 2 is 1.80 bits per heavy atom. The molecule has 0 saturated carbocycles. The van der Waals surface area contributed by atoms with Crippen LogP contribution in [0.15, 0.2) is 47.4 Å². The van der Waals surface area contributed by atoms with Gasteiger partial charge in [0.1, 0.15) is 10.6 Å². The number of nitrogens with zero attached hydrogens (tertiary/aromatic N) is 3. The molecular weight excluding hydrogens is 449 g/mol. The van der Waals surface area contributed by atoms with Gasteiger partial charge in [-0.05, 0) is 37.3 Å². The molecular formula is C20H19Cl2N3O4S. The van der Waals surface area contributed by atoms with Crippen LogP contribution in [-0.4, -0.2) is 55.8 Å². The quantitative estimate of drug-likeness (QED) is 0.673. The summed E-state index contributed by atoms with van der Waals surface area (Å²) in [4.78, 5) is 14.2. The van der Waals surface area contributed by atoms with Crippen LogP contribution in [0.4, 0.5) is 0 Å². The zero-order chi connectivity index (χ0) is 21.9. The summed E-state index contributed by atoms with van der Waals surface area (Å²) in [5.41, 5.74) is 0.436. The predicted molar refractivity (Wildman–Crippen MR) is 113 cm³/mol. The molecule has 30 heavy (non-hydrogen) atoms. The van der Waals surface area contributed by atoms with Gasteiger partial charge in [-0.15, -0.1) is 0 Å². The van der Waals surface area contributed by atoms with Crippen LogP contribution in [0.1, 0.15) is 12.5 Å². The topological polar surface area (TPSA) is 90.7 Å². The molecule has 0 aliphatic carbocycles. The molecule has 1 heterocycles. The second-order valence-corrected chi connectivity index (χ2v) is 9.37. The number of rotatable bonds is 5. The fraction of sp³-hybridized carbons (Fsp3) is 0.300. The van der Waals surface area contributed by atoms with E-state index in [1.807, 2.05) is 6.07 Å². The van der Waals surface area contributed by atoms with Crippen molar-refractivity contribution in [3.8, 4) is 11.8 Å². The highest BCUT2D eigenvalue weighted by Gasteiger charge is 2.33. The first-order valence-electron chi connectivity index (χ1n) is 9.14. The number of sulfonamides is 1. The van der Waals surface area contributed by atoms with E-state index >= 15 is 0 Å². The number of nitriles is 1. The number of hydrogen-bond acceptors (Lipinski definition) is 5. The van der Waals surface area contributed by atoms with E-state index in [0.717, 1.165) is 0 Å². The summed E-state index contributed by atoms with van der Waals surface area (Å²) in [6.45, 7) is 2.34. The van der Waals surface area contributed by atoms with Crippen LogP contribution in [0.2, 0.25) is 10.0 Å². The lowest BCUT2D eigenvalue weighted by Crippen LogP contribution is -2.53. The molecule has 1 amide bonds. The molecule has 2 aromatic carbocycles. The normalized spacial score (nSPS) is 16.0. The van der Waals surface area contributed by atoms with Crippen LogP contribution in [0.5, 0.6) is 5.75 Å². The smallest absolute Gasteiger partial charge is 0.263 e. The van der Waals surface area contributed by atoms with E-state index in [1.54, 1.807) is 36.1 Å². The molecule has 3 rings (SSSR count). The summed E-state index contributed by atoms with van der Waals surface area (Å²) in [6, 6.07) is 13.0. The van der Waals surface area contributed by atoms with Gasteiger partial charge in [0.05, 0.1) is 21.7 Å². The number of piperazine rings is 1. The molecule has 1 unspecified atom stereocenters. The average Bonchev–Trinajstić information content (AvgIpc) is 2.75. The number of ether oxygens (including phenoxy) is 1. The van der Waals surface area contributed by atoms with Crippen molar-refractivity contribution in [2.45, 2.75) is 17.9 Å². The van der Waals surface area contributed by atoms with Crippen LogP contribution in [0, 0.1) is 11.3 Å². The third kappa shape index (κ3) is 4.71. The molecule has 2 aromatic rings. The molecule has 0 radical (unpaired) electrons. The molecule has 1 fully saturated rings. The molecule has 10 heteroatoms. The first-order chi connectivity index (χ1) is 14.2. The first-order valence-corrected chi connectivity index (χ1v) is 11.3. The molecule has 1 aliphatic rings. The standard InChI is InChI=1S/C20H19Cl2N3O4S/c1-14(29-16-5-2-4-15(12-16)13-23)20(26)24-8-10-25(11-9-24)30(27,28)18-7-3-6-17(21)19(18)22/h2-7,12,14H,8-11H2,1H3. The molecule has 1 aliphatic heterocycles. The van der Waals surface area contributed by atoms with Gasteiger partial charge in [-0.2, -0.15) is 9.57 Å². The van der Waals surface area contributed by atoms with Gasteiger partial charge in [0.2, 0.25) is 10.0 Å². The lowest BCUT2D eigenvalue weighted by atomic mass is 10.2. The van der Waals surface area contributed by atoms with Crippen molar-refractivity contribution >= 4 is 39.1 Å². The Hall–Kier alpha value is -2.31. The second kappa shape index (κ2) is 9.23. The van der Waals surface area contributed by atoms with Crippen LogP contribution in [-0.2, 0) is 14.8 Å². The van der Waals surface area contributed by atoms with Gasteiger partial charge >= 0.3 is 0 Å². The Morgan fingerprint density at radius 1 is 1.13 bits per heavy atom. The number of hydrogen-bond donors (Lipinski definition) is 0. The Bertz CT molecular complexity index is 1090. The number of halogens is 2. The number of carbonyl (C=O) groups excluding carboxylic acids is 1. The summed E-state index contributed by atoms with van der Waals surface area (Å²) < 4.78 is 32.7. The summed E-state index contributed by atoms with van der Waals surface area (Å²) in [5.74, 6) is 0.168. The van der Waals surface area contributed by atoms with E-state index in [0.29, 0.717) is 11.3 Å². The highest BCUT2D eigenvalue weighted by molar-refractivity contribution is 7.89. The van der Waals surface area contributed by atoms with E-state index in [-0.39, 0.29) is 47.0 Å². The van der Waals surface area contributed by atoms with Crippen molar-refractivity contribution in [1.29, 1.82) is 5.26 Å². The number of amides is 1. The highest BCUT2D eigenvalue weighted by Crippen LogP contribution is 2.31. The van der Waals surface area contributed by atoms with Crippen molar-refractivity contribution in [3.63, 3.8) is 0 Å². The van der Waals surface area contributed by atoms with Crippen molar-refractivity contribution in [1.82, 2.24) is 9.21 Å². The molecule has 0 bridgehead atoms. The minimum atomic E-state index is -3.82. The maximum Gasteiger partial charge on any atom is 0.263 e. The van der Waals surface area contributed by atoms with Crippen molar-refractivity contribution in [2.75, 3.05) is 26.2 Å². The lowest BCUT2D eigenvalue weighted by Gasteiger charge is -2.35. The monoisotopic (exact) mass is 467 g/mol. The van der Waals surface area contributed by atoms with E-state index in [2.05, 4.69) is 0 Å². The Balaban J connectivity index is 1.64. The van der Waals surface area contributed by atoms with Gasteiger partial charge < -0.3 is 9.64 Å². The maximum atomic E-state index is 12.9. The minimum absolute atomic E-state index is 0.0145. The zero-order valence-electron chi connectivity index (χ0n) is 16.1. The lowest BCUT2D eigenvalue weighted by molar-refractivity contribution is -0.139.